The molecule has 1 N–H and O–H groups in total. The van der Waals surface area contributed by atoms with Crippen LogP contribution < -0.4 is 4.90 Å². The average Bonchev–Trinajstić information content (AvgIpc) is 2.89. The summed E-state index contributed by atoms with van der Waals surface area (Å²) in [6.07, 6.45) is 0. The van der Waals surface area contributed by atoms with Crippen molar-refractivity contribution in [1.82, 2.24) is 4.90 Å². The molecule has 5 nitrogen and oxygen atoms in total. The molecule has 8 heteroatoms. The Hall–Kier alpha value is -2.05. The van der Waals surface area contributed by atoms with Gasteiger partial charge >= 0.3 is 0 Å². The smallest absolute Gasteiger partial charge is 0.282 e. The molecule has 0 fully saturated rings. The molecule has 0 radical (unpaired) electrons. The summed E-state index contributed by atoms with van der Waals surface area (Å²) in [6, 6.07) is 11.2. The van der Waals surface area contributed by atoms with Gasteiger partial charge in [0, 0.05) is 23.6 Å². The fourth-order valence-corrected chi connectivity index (χ4v) is 3.38. The number of anilines is 1. The standard InChI is InChI=1S/C19H15Cl3N2O3/c1-23(8-9-25)17-16(11-2-4-12(20)5-3-11)18(26)24(19(17)27)15-10-13(21)6-7-14(15)22/h2-7,10,25H,8-9H2,1H3. The zero-order valence-electron chi connectivity index (χ0n) is 14.2. The summed E-state index contributed by atoms with van der Waals surface area (Å²) in [4.78, 5) is 28.9. The molecular weight excluding hydrogens is 411 g/mol. The average molecular weight is 426 g/mol. The molecule has 0 saturated heterocycles. The SMILES string of the molecule is CN(CCO)C1=C(c2ccc(Cl)cc2)C(=O)N(c2cc(Cl)ccc2Cl)C1=O. The molecule has 2 aromatic rings. The number of likely N-dealkylation sites (N-methyl/N-ethyl adjacent to an activating group) is 1. The van der Waals surface area contributed by atoms with Gasteiger partial charge in [-0.05, 0) is 35.9 Å². The summed E-state index contributed by atoms with van der Waals surface area (Å²) in [7, 11) is 1.63. The van der Waals surface area contributed by atoms with Gasteiger partial charge in [0.2, 0.25) is 0 Å². The van der Waals surface area contributed by atoms with Crippen LogP contribution in [0, 0.1) is 0 Å². The maximum Gasteiger partial charge on any atom is 0.282 e. The van der Waals surface area contributed by atoms with Gasteiger partial charge < -0.3 is 10.0 Å². The lowest BCUT2D eigenvalue weighted by Crippen LogP contribution is -2.35. The molecule has 2 aromatic carbocycles. The van der Waals surface area contributed by atoms with Crippen molar-refractivity contribution >= 4 is 57.9 Å². The highest BCUT2D eigenvalue weighted by molar-refractivity contribution is 6.47. The van der Waals surface area contributed by atoms with E-state index in [0.29, 0.717) is 15.6 Å². The van der Waals surface area contributed by atoms with E-state index in [9.17, 15) is 14.7 Å². The highest BCUT2D eigenvalue weighted by Crippen LogP contribution is 2.38. The van der Waals surface area contributed by atoms with Crippen LogP contribution in [0.2, 0.25) is 15.1 Å². The van der Waals surface area contributed by atoms with Crippen LogP contribution in [-0.2, 0) is 9.59 Å². The molecule has 1 aliphatic rings. The van der Waals surface area contributed by atoms with E-state index in [2.05, 4.69) is 0 Å². The number of hydrogen-bond donors (Lipinski definition) is 1. The van der Waals surface area contributed by atoms with E-state index in [1.807, 2.05) is 0 Å². The van der Waals surface area contributed by atoms with E-state index in [-0.39, 0.29) is 35.1 Å². The van der Waals surface area contributed by atoms with Crippen molar-refractivity contribution in [1.29, 1.82) is 0 Å². The van der Waals surface area contributed by atoms with Gasteiger partial charge in [-0.2, -0.15) is 0 Å². The quantitative estimate of drug-likeness (QED) is 0.739. The van der Waals surface area contributed by atoms with Crippen LogP contribution in [0.1, 0.15) is 5.56 Å². The van der Waals surface area contributed by atoms with Crippen LogP contribution in [0.25, 0.3) is 5.57 Å². The number of rotatable bonds is 5. The first-order valence-corrected chi connectivity index (χ1v) is 9.14. The van der Waals surface area contributed by atoms with Gasteiger partial charge in [0.05, 0.1) is 22.9 Å². The summed E-state index contributed by atoms with van der Waals surface area (Å²) in [6.45, 7) is 0.00977. The lowest BCUT2D eigenvalue weighted by molar-refractivity contribution is -0.120. The van der Waals surface area contributed by atoms with E-state index >= 15 is 0 Å². The highest BCUT2D eigenvalue weighted by atomic mass is 35.5. The predicted molar refractivity (Wildman–Crippen MR) is 107 cm³/mol. The molecule has 0 unspecified atom stereocenters. The molecule has 2 amide bonds. The number of hydrogen-bond acceptors (Lipinski definition) is 4. The van der Waals surface area contributed by atoms with Gasteiger partial charge in [-0.15, -0.1) is 0 Å². The van der Waals surface area contributed by atoms with Gasteiger partial charge in [0.15, 0.2) is 0 Å². The molecule has 140 valence electrons. The Morgan fingerprint density at radius 3 is 2.22 bits per heavy atom. The number of carbonyl (C=O) groups is 2. The number of benzene rings is 2. The van der Waals surface area contributed by atoms with E-state index in [0.717, 1.165) is 4.90 Å². The van der Waals surface area contributed by atoms with E-state index in [4.69, 9.17) is 34.8 Å². The molecular formula is C19H15Cl3N2O3. The molecule has 0 bridgehead atoms. The summed E-state index contributed by atoms with van der Waals surface area (Å²) >= 11 is 18.2. The molecule has 0 aromatic heterocycles. The van der Waals surface area contributed by atoms with Crippen molar-refractivity contribution in [2.45, 2.75) is 0 Å². The number of carbonyl (C=O) groups excluding carboxylic acids is 2. The Kier molecular flexibility index (Phi) is 5.77. The zero-order chi connectivity index (χ0) is 19.7. The lowest BCUT2D eigenvalue weighted by Gasteiger charge is -2.21. The third-order valence-electron chi connectivity index (χ3n) is 4.16. The van der Waals surface area contributed by atoms with Crippen molar-refractivity contribution in [3.05, 3.63) is 68.8 Å². The number of amides is 2. The molecule has 0 aliphatic carbocycles. The van der Waals surface area contributed by atoms with Crippen LogP contribution in [0.3, 0.4) is 0 Å². The number of imide groups is 1. The van der Waals surface area contributed by atoms with E-state index in [1.54, 1.807) is 42.3 Å². The minimum absolute atomic E-state index is 0.173. The molecule has 3 rings (SSSR count). The maximum atomic E-state index is 13.2. The van der Waals surface area contributed by atoms with Crippen molar-refractivity contribution in [2.24, 2.45) is 0 Å². The zero-order valence-corrected chi connectivity index (χ0v) is 16.5. The monoisotopic (exact) mass is 424 g/mol. The second-order valence-corrected chi connectivity index (χ2v) is 7.20. The molecule has 0 atom stereocenters. The second kappa shape index (κ2) is 7.90. The van der Waals surface area contributed by atoms with Gasteiger partial charge in [-0.25, -0.2) is 4.90 Å². The highest BCUT2D eigenvalue weighted by Gasteiger charge is 2.42. The second-order valence-electron chi connectivity index (χ2n) is 5.92. The first-order valence-electron chi connectivity index (χ1n) is 8.01. The molecule has 27 heavy (non-hydrogen) atoms. The van der Waals surface area contributed by atoms with Crippen molar-refractivity contribution < 1.29 is 14.7 Å². The van der Waals surface area contributed by atoms with Crippen LogP contribution in [-0.4, -0.2) is 42.0 Å². The fourth-order valence-electron chi connectivity index (χ4n) is 2.89. The summed E-state index contributed by atoms with van der Waals surface area (Å²) in [5.74, 6) is -1.06. The predicted octanol–water partition coefficient (Wildman–Crippen LogP) is 3.86. The van der Waals surface area contributed by atoms with Crippen LogP contribution in [0.5, 0.6) is 0 Å². The normalized spacial score (nSPS) is 14.3. The van der Waals surface area contributed by atoms with Crippen LogP contribution in [0.15, 0.2) is 48.2 Å². The Balaban J connectivity index is 2.16. The fraction of sp³-hybridized carbons (Fsp3) is 0.158. The first-order chi connectivity index (χ1) is 12.8. The van der Waals surface area contributed by atoms with E-state index in [1.165, 1.54) is 12.1 Å². The third kappa shape index (κ3) is 3.69. The number of nitrogens with zero attached hydrogens (tertiary/aromatic N) is 2. The first kappa shape index (κ1) is 19.7. The Labute approximate surface area is 171 Å². The Morgan fingerprint density at radius 1 is 0.963 bits per heavy atom. The van der Waals surface area contributed by atoms with Gasteiger partial charge in [0.25, 0.3) is 11.8 Å². The Morgan fingerprint density at radius 2 is 1.59 bits per heavy atom. The third-order valence-corrected chi connectivity index (χ3v) is 4.97. The van der Waals surface area contributed by atoms with Gasteiger partial charge in [-0.3, -0.25) is 9.59 Å². The molecule has 1 heterocycles. The maximum absolute atomic E-state index is 13.2. The molecule has 0 spiro atoms. The number of aliphatic hydroxyl groups excluding tert-OH is 1. The van der Waals surface area contributed by atoms with Crippen LogP contribution in [0.4, 0.5) is 5.69 Å². The number of halogens is 3. The summed E-state index contributed by atoms with van der Waals surface area (Å²) in [5, 5.41) is 10.4. The minimum atomic E-state index is -0.537. The largest absolute Gasteiger partial charge is 0.395 e. The summed E-state index contributed by atoms with van der Waals surface area (Å²) in [5.41, 5.74) is 1.13. The van der Waals surface area contributed by atoms with Crippen molar-refractivity contribution in [3.63, 3.8) is 0 Å². The minimum Gasteiger partial charge on any atom is -0.395 e. The number of aliphatic hydroxyl groups is 1. The van der Waals surface area contributed by atoms with E-state index < -0.39 is 11.8 Å². The molecule has 1 aliphatic heterocycles. The van der Waals surface area contributed by atoms with Crippen molar-refractivity contribution in [3.8, 4) is 0 Å². The summed E-state index contributed by atoms with van der Waals surface area (Å²) < 4.78 is 0. The van der Waals surface area contributed by atoms with Crippen molar-refractivity contribution in [2.75, 3.05) is 25.1 Å². The van der Waals surface area contributed by atoms with Gasteiger partial charge in [0.1, 0.15) is 5.70 Å². The van der Waals surface area contributed by atoms with Crippen LogP contribution >= 0.6 is 34.8 Å². The Bertz CT molecular complexity index is 942. The van der Waals surface area contributed by atoms with Gasteiger partial charge in [-0.1, -0.05) is 46.9 Å². The lowest BCUT2D eigenvalue weighted by atomic mass is 10.0. The topological polar surface area (TPSA) is 60.9 Å². The molecule has 0 saturated carbocycles.